The molecule has 1 aliphatic heterocycles. The van der Waals surface area contributed by atoms with Crippen LogP contribution in [0.3, 0.4) is 0 Å². The van der Waals surface area contributed by atoms with Crippen LogP contribution in [0.2, 0.25) is 0 Å². The average molecular weight is 440 g/mol. The van der Waals surface area contributed by atoms with Crippen molar-refractivity contribution in [2.24, 2.45) is 0 Å². The molecule has 0 bridgehead atoms. The van der Waals surface area contributed by atoms with Gasteiger partial charge in [-0.25, -0.2) is 4.98 Å². The van der Waals surface area contributed by atoms with Crippen LogP contribution in [0.4, 0.5) is 0 Å². The van der Waals surface area contributed by atoms with Gasteiger partial charge in [-0.1, -0.05) is 48.5 Å². The summed E-state index contributed by atoms with van der Waals surface area (Å²) in [7, 11) is 0. The van der Waals surface area contributed by atoms with Crippen LogP contribution < -0.4 is 10.1 Å². The summed E-state index contributed by atoms with van der Waals surface area (Å²) in [5.41, 5.74) is 1.87. The first-order valence-corrected chi connectivity index (χ1v) is 11.6. The lowest BCUT2D eigenvalue weighted by Crippen LogP contribution is -2.48. The van der Waals surface area contributed by atoms with Crippen molar-refractivity contribution >= 4 is 34.9 Å². The molecule has 2 heterocycles. The molecular weight excluding hydrogens is 418 g/mol. The second-order valence-electron chi connectivity index (χ2n) is 6.71. The third kappa shape index (κ3) is 5.01. The minimum Gasteiger partial charge on any atom is -0.484 e. The summed E-state index contributed by atoms with van der Waals surface area (Å²) in [6.45, 7) is 0.257. The summed E-state index contributed by atoms with van der Waals surface area (Å²) in [5, 5.41) is 5.79. The number of nitrogens with one attached hydrogen (secondary N) is 1. The van der Waals surface area contributed by atoms with E-state index in [4.69, 9.17) is 4.74 Å². The molecule has 1 atom stereocenters. The highest BCUT2D eigenvalue weighted by atomic mass is 32.2. The van der Waals surface area contributed by atoms with Crippen LogP contribution in [0.15, 0.2) is 66.0 Å². The average Bonchev–Trinajstić information content (AvgIpc) is 3.47. The molecule has 2 aromatic carbocycles. The van der Waals surface area contributed by atoms with E-state index in [9.17, 15) is 9.59 Å². The maximum absolute atomic E-state index is 12.7. The number of rotatable bonds is 7. The lowest BCUT2D eigenvalue weighted by atomic mass is 10.2. The van der Waals surface area contributed by atoms with Crippen molar-refractivity contribution in [1.82, 2.24) is 15.2 Å². The highest BCUT2D eigenvalue weighted by Crippen LogP contribution is 2.24. The number of carbonyl (C=O) groups is 2. The van der Waals surface area contributed by atoms with Gasteiger partial charge in [-0.15, -0.1) is 23.1 Å². The van der Waals surface area contributed by atoms with Crippen molar-refractivity contribution in [1.29, 1.82) is 0 Å². The second-order valence-corrected chi connectivity index (χ2v) is 8.57. The van der Waals surface area contributed by atoms with E-state index in [-0.39, 0.29) is 18.4 Å². The van der Waals surface area contributed by atoms with E-state index in [1.807, 2.05) is 53.9 Å². The van der Waals surface area contributed by atoms with Crippen LogP contribution in [0.25, 0.3) is 10.6 Å². The monoisotopic (exact) mass is 439 g/mol. The predicted molar refractivity (Wildman–Crippen MR) is 119 cm³/mol. The summed E-state index contributed by atoms with van der Waals surface area (Å²) in [6, 6.07) is 18.6. The van der Waals surface area contributed by atoms with E-state index >= 15 is 0 Å². The Labute approximate surface area is 183 Å². The van der Waals surface area contributed by atoms with Gasteiger partial charge in [-0.05, 0) is 12.1 Å². The maximum Gasteiger partial charge on any atom is 0.261 e. The van der Waals surface area contributed by atoms with Gasteiger partial charge in [0.1, 0.15) is 16.8 Å². The fraction of sp³-hybridized carbons (Fsp3) is 0.227. The third-order valence-electron chi connectivity index (χ3n) is 4.63. The minimum atomic E-state index is -0.492. The molecule has 6 nitrogen and oxygen atoms in total. The number of benzene rings is 2. The fourth-order valence-corrected chi connectivity index (χ4v) is 5.05. The Morgan fingerprint density at radius 1 is 1.10 bits per heavy atom. The van der Waals surface area contributed by atoms with Gasteiger partial charge in [0.15, 0.2) is 6.61 Å². The SMILES string of the molecule is O=C(NCc1csc(-c2ccccc2)n1)C1CSCN1C(=O)COc1ccccc1. The zero-order valence-corrected chi connectivity index (χ0v) is 17.8. The lowest BCUT2D eigenvalue weighted by Gasteiger charge is -2.23. The number of nitrogens with zero attached hydrogens (tertiary/aromatic N) is 2. The molecule has 1 aromatic heterocycles. The molecule has 1 N–H and O–H groups in total. The van der Waals surface area contributed by atoms with Crippen molar-refractivity contribution in [2.75, 3.05) is 18.2 Å². The highest BCUT2D eigenvalue weighted by Gasteiger charge is 2.34. The number of hydrogen-bond donors (Lipinski definition) is 1. The molecule has 0 aliphatic carbocycles. The molecule has 0 spiro atoms. The molecule has 0 radical (unpaired) electrons. The zero-order valence-electron chi connectivity index (χ0n) is 16.2. The number of hydrogen-bond acceptors (Lipinski definition) is 6. The maximum atomic E-state index is 12.7. The van der Waals surface area contributed by atoms with Gasteiger partial charge >= 0.3 is 0 Å². The van der Waals surface area contributed by atoms with Gasteiger partial charge in [0, 0.05) is 16.7 Å². The van der Waals surface area contributed by atoms with Crippen molar-refractivity contribution in [3.05, 3.63) is 71.7 Å². The van der Waals surface area contributed by atoms with E-state index < -0.39 is 6.04 Å². The smallest absolute Gasteiger partial charge is 0.261 e. The van der Waals surface area contributed by atoms with Crippen LogP contribution in [0.1, 0.15) is 5.69 Å². The molecule has 1 fully saturated rings. The third-order valence-corrected chi connectivity index (χ3v) is 6.58. The van der Waals surface area contributed by atoms with Gasteiger partial charge in [-0.2, -0.15) is 0 Å². The van der Waals surface area contributed by atoms with Crippen molar-refractivity contribution in [3.8, 4) is 16.3 Å². The van der Waals surface area contributed by atoms with E-state index in [1.54, 1.807) is 40.1 Å². The summed E-state index contributed by atoms with van der Waals surface area (Å²) in [4.78, 5) is 31.4. The number of thioether (sulfide) groups is 1. The molecule has 2 amide bonds. The molecule has 4 rings (SSSR count). The Hall–Kier alpha value is -2.84. The molecule has 0 saturated carbocycles. The lowest BCUT2D eigenvalue weighted by molar-refractivity contribution is -0.139. The van der Waals surface area contributed by atoms with Crippen LogP contribution in [-0.4, -0.2) is 46.0 Å². The van der Waals surface area contributed by atoms with Crippen molar-refractivity contribution in [2.45, 2.75) is 12.6 Å². The van der Waals surface area contributed by atoms with E-state index in [1.165, 1.54) is 0 Å². The van der Waals surface area contributed by atoms with Crippen LogP contribution in [-0.2, 0) is 16.1 Å². The normalized spacial score (nSPS) is 15.7. The Morgan fingerprint density at radius 3 is 2.60 bits per heavy atom. The van der Waals surface area contributed by atoms with Crippen LogP contribution in [0, 0.1) is 0 Å². The quantitative estimate of drug-likeness (QED) is 0.611. The molecule has 154 valence electrons. The predicted octanol–water partition coefficient (Wildman–Crippen LogP) is 3.41. The molecule has 3 aromatic rings. The molecule has 8 heteroatoms. The fourth-order valence-electron chi connectivity index (χ4n) is 3.05. The van der Waals surface area contributed by atoms with Gasteiger partial charge < -0.3 is 15.0 Å². The summed E-state index contributed by atoms with van der Waals surface area (Å²) in [6.07, 6.45) is 0. The molecule has 1 unspecified atom stereocenters. The number of aromatic nitrogens is 1. The number of carbonyl (C=O) groups excluding carboxylic acids is 2. The zero-order chi connectivity index (χ0) is 20.8. The Bertz CT molecular complexity index is 995. The van der Waals surface area contributed by atoms with E-state index in [0.717, 1.165) is 16.3 Å². The summed E-state index contributed by atoms with van der Waals surface area (Å²) in [5.74, 6) is 1.35. The van der Waals surface area contributed by atoms with Crippen molar-refractivity contribution in [3.63, 3.8) is 0 Å². The first-order chi connectivity index (χ1) is 14.7. The summed E-state index contributed by atoms with van der Waals surface area (Å²) < 4.78 is 5.54. The number of amides is 2. The standard InChI is InChI=1S/C22H21N3O3S2/c26-20(12-28-18-9-5-2-6-10-18)25-15-29-14-19(25)21(27)23-11-17-13-30-22(24-17)16-7-3-1-4-8-16/h1-10,13,19H,11-12,14-15H2,(H,23,27). The first-order valence-electron chi connectivity index (χ1n) is 9.53. The molecule has 1 saturated heterocycles. The highest BCUT2D eigenvalue weighted by molar-refractivity contribution is 7.99. The van der Waals surface area contributed by atoms with Crippen molar-refractivity contribution < 1.29 is 14.3 Å². The number of para-hydroxylation sites is 1. The number of ether oxygens (including phenoxy) is 1. The van der Waals surface area contributed by atoms with Crippen LogP contribution in [0.5, 0.6) is 5.75 Å². The largest absolute Gasteiger partial charge is 0.484 e. The number of thiazole rings is 1. The summed E-state index contributed by atoms with van der Waals surface area (Å²) >= 11 is 3.12. The minimum absolute atomic E-state index is 0.0825. The molecule has 1 aliphatic rings. The Morgan fingerprint density at radius 2 is 1.83 bits per heavy atom. The first kappa shape index (κ1) is 20.4. The van der Waals surface area contributed by atoms with Gasteiger partial charge in [-0.3, -0.25) is 9.59 Å². The van der Waals surface area contributed by atoms with Crippen LogP contribution >= 0.6 is 23.1 Å². The molecule has 30 heavy (non-hydrogen) atoms. The van der Waals surface area contributed by atoms with Gasteiger partial charge in [0.25, 0.3) is 5.91 Å². The van der Waals surface area contributed by atoms with E-state index in [2.05, 4.69) is 10.3 Å². The van der Waals surface area contributed by atoms with E-state index in [0.29, 0.717) is 23.9 Å². The molecular formula is C22H21N3O3S2. The Kier molecular flexibility index (Phi) is 6.66. The Balaban J connectivity index is 1.30. The van der Waals surface area contributed by atoms with Gasteiger partial charge in [0.05, 0.1) is 18.1 Å². The topological polar surface area (TPSA) is 71.5 Å². The van der Waals surface area contributed by atoms with Gasteiger partial charge in [0.2, 0.25) is 5.91 Å². The second kappa shape index (κ2) is 9.77.